The number of aromatic carboxylic acids is 1. The SMILES string of the molecule is O=C(CC1SC(N/N=C/C=C/c2ccccc2)=NC1O)Nc1ccc(C(=O)O)cc1. The fraction of sp³-hybridized carbons (Fsp3) is 0.143. The van der Waals surface area contributed by atoms with Crippen molar-refractivity contribution in [3.05, 3.63) is 71.8 Å². The number of amidine groups is 1. The molecule has 0 saturated carbocycles. The highest BCUT2D eigenvalue weighted by molar-refractivity contribution is 8.14. The van der Waals surface area contributed by atoms with Crippen LogP contribution in [0.4, 0.5) is 5.69 Å². The van der Waals surface area contributed by atoms with Crippen LogP contribution in [0.5, 0.6) is 0 Å². The first-order chi connectivity index (χ1) is 14.5. The van der Waals surface area contributed by atoms with E-state index in [1.54, 1.807) is 12.3 Å². The molecule has 2 aromatic rings. The molecule has 0 bridgehead atoms. The second kappa shape index (κ2) is 10.4. The van der Waals surface area contributed by atoms with Crippen molar-refractivity contribution in [2.45, 2.75) is 17.9 Å². The molecule has 2 atom stereocenters. The van der Waals surface area contributed by atoms with Gasteiger partial charge in [0, 0.05) is 18.3 Å². The number of benzene rings is 2. The van der Waals surface area contributed by atoms with Crippen LogP contribution in [-0.2, 0) is 4.79 Å². The molecule has 1 aliphatic heterocycles. The molecule has 0 radical (unpaired) electrons. The van der Waals surface area contributed by atoms with E-state index in [0.717, 1.165) is 5.56 Å². The Morgan fingerprint density at radius 3 is 2.57 bits per heavy atom. The molecule has 0 fully saturated rings. The van der Waals surface area contributed by atoms with Gasteiger partial charge in [-0.1, -0.05) is 48.2 Å². The first-order valence-electron chi connectivity index (χ1n) is 9.08. The van der Waals surface area contributed by atoms with Crippen molar-refractivity contribution in [3.8, 4) is 0 Å². The van der Waals surface area contributed by atoms with E-state index in [9.17, 15) is 14.7 Å². The van der Waals surface area contributed by atoms with E-state index in [1.165, 1.54) is 36.0 Å². The molecule has 0 saturated heterocycles. The first-order valence-corrected chi connectivity index (χ1v) is 9.96. The van der Waals surface area contributed by atoms with E-state index in [2.05, 4.69) is 20.8 Å². The number of hydrazone groups is 1. The van der Waals surface area contributed by atoms with Gasteiger partial charge in [0.1, 0.15) is 0 Å². The molecule has 154 valence electrons. The van der Waals surface area contributed by atoms with E-state index in [-0.39, 0.29) is 17.9 Å². The van der Waals surface area contributed by atoms with Crippen molar-refractivity contribution in [3.63, 3.8) is 0 Å². The van der Waals surface area contributed by atoms with Crippen LogP contribution in [-0.4, -0.2) is 44.9 Å². The van der Waals surface area contributed by atoms with Crippen LogP contribution in [0.15, 0.2) is 70.8 Å². The lowest BCUT2D eigenvalue weighted by Crippen LogP contribution is -2.24. The second-order valence-electron chi connectivity index (χ2n) is 6.30. The number of amides is 1. The Hall–Kier alpha value is -3.43. The predicted molar refractivity (Wildman–Crippen MR) is 119 cm³/mol. The number of aliphatic imine (C=N–C) groups is 1. The fourth-order valence-electron chi connectivity index (χ4n) is 2.58. The van der Waals surface area contributed by atoms with E-state index in [1.807, 2.05) is 36.4 Å². The number of aliphatic hydroxyl groups is 1. The normalized spacial score (nSPS) is 18.5. The number of nitrogens with zero attached hydrogens (tertiary/aromatic N) is 2. The maximum atomic E-state index is 12.2. The summed E-state index contributed by atoms with van der Waals surface area (Å²) in [5.74, 6) is -1.34. The van der Waals surface area contributed by atoms with E-state index >= 15 is 0 Å². The summed E-state index contributed by atoms with van der Waals surface area (Å²) >= 11 is 1.23. The third-order valence-corrected chi connectivity index (χ3v) is 5.19. The molecule has 9 heteroatoms. The van der Waals surface area contributed by atoms with Crippen molar-refractivity contribution < 1.29 is 19.8 Å². The van der Waals surface area contributed by atoms with Gasteiger partial charge in [0.2, 0.25) is 5.91 Å². The largest absolute Gasteiger partial charge is 0.478 e. The Balaban J connectivity index is 1.44. The molecule has 30 heavy (non-hydrogen) atoms. The smallest absolute Gasteiger partial charge is 0.335 e. The Bertz CT molecular complexity index is 974. The zero-order chi connectivity index (χ0) is 21.3. The number of thioether (sulfide) groups is 1. The highest BCUT2D eigenvalue weighted by Crippen LogP contribution is 2.27. The number of carbonyl (C=O) groups excluding carboxylic acids is 1. The molecule has 4 N–H and O–H groups in total. The number of anilines is 1. The number of carboxylic acids is 1. The topological polar surface area (TPSA) is 123 Å². The number of rotatable bonds is 7. The molecule has 3 rings (SSSR count). The van der Waals surface area contributed by atoms with Crippen LogP contribution >= 0.6 is 11.8 Å². The van der Waals surface area contributed by atoms with E-state index in [4.69, 9.17) is 5.11 Å². The molecule has 1 amide bonds. The Kier molecular flexibility index (Phi) is 7.36. The molecule has 1 heterocycles. The number of carbonyl (C=O) groups is 2. The van der Waals surface area contributed by atoms with Gasteiger partial charge in [-0.05, 0) is 35.9 Å². The van der Waals surface area contributed by atoms with Gasteiger partial charge in [-0.3, -0.25) is 10.2 Å². The number of hydrogen-bond donors (Lipinski definition) is 4. The van der Waals surface area contributed by atoms with Gasteiger partial charge < -0.3 is 15.5 Å². The minimum Gasteiger partial charge on any atom is -0.478 e. The van der Waals surface area contributed by atoms with Crippen LogP contribution in [0.25, 0.3) is 6.08 Å². The van der Waals surface area contributed by atoms with Gasteiger partial charge in [-0.15, -0.1) is 0 Å². The summed E-state index contributed by atoms with van der Waals surface area (Å²) in [4.78, 5) is 27.1. The van der Waals surface area contributed by atoms with Gasteiger partial charge in [0.05, 0.1) is 10.8 Å². The highest BCUT2D eigenvalue weighted by atomic mass is 32.2. The Labute approximate surface area is 177 Å². The number of aliphatic hydroxyl groups excluding tert-OH is 1. The third-order valence-electron chi connectivity index (χ3n) is 4.06. The fourth-order valence-corrected chi connectivity index (χ4v) is 3.56. The molecule has 0 aromatic heterocycles. The van der Waals surface area contributed by atoms with Gasteiger partial charge in [0.25, 0.3) is 0 Å². The summed E-state index contributed by atoms with van der Waals surface area (Å²) in [5.41, 5.74) is 4.42. The maximum absolute atomic E-state index is 12.2. The summed E-state index contributed by atoms with van der Waals surface area (Å²) < 4.78 is 0. The zero-order valence-electron chi connectivity index (χ0n) is 15.8. The Morgan fingerprint density at radius 2 is 1.87 bits per heavy atom. The van der Waals surface area contributed by atoms with Crippen molar-refractivity contribution in [2.75, 3.05) is 5.32 Å². The maximum Gasteiger partial charge on any atom is 0.335 e. The summed E-state index contributed by atoms with van der Waals surface area (Å²) in [6.45, 7) is 0. The van der Waals surface area contributed by atoms with Crippen molar-refractivity contribution in [1.82, 2.24) is 5.43 Å². The minimum atomic E-state index is -1.03. The average molecular weight is 424 g/mol. The second-order valence-corrected chi connectivity index (χ2v) is 7.53. The summed E-state index contributed by atoms with van der Waals surface area (Å²) in [6, 6.07) is 15.6. The lowest BCUT2D eigenvalue weighted by Gasteiger charge is -2.12. The highest BCUT2D eigenvalue weighted by Gasteiger charge is 2.30. The molecular formula is C21H20N4O4S. The van der Waals surface area contributed by atoms with Crippen LogP contribution in [0, 0.1) is 0 Å². The summed E-state index contributed by atoms with van der Waals surface area (Å²) in [5, 5.41) is 25.7. The first kappa shape index (κ1) is 21.3. The summed E-state index contributed by atoms with van der Waals surface area (Å²) in [6.07, 6.45) is 4.27. The summed E-state index contributed by atoms with van der Waals surface area (Å²) in [7, 11) is 0. The Morgan fingerprint density at radius 1 is 1.13 bits per heavy atom. The van der Waals surface area contributed by atoms with Crippen molar-refractivity contribution in [1.29, 1.82) is 0 Å². The number of nitrogens with one attached hydrogen (secondary N) is 2. The number of allylic oxidation sites excluding steroid dienone is 1. The lowest BCUT2D eigenvalue weighted by atomic mass is 10.2. The molecule has 0 aliphatic carbocycles. The van der Waals surface area contributed by atoms with Gasteiger partial charge in [-0.25, -0.2) is 9.79 Å². The van der Waals surface area contributed by atoms with Crippen LogP contribution in [0.1, 0.15) is 22.3 Å². The molecular weight excluding hydrogens is 404 g/mol. The molecule has 0 spiro atoms. The number of hydrogen-bond acceptors (Lipinski definition) is 7. The molecule has 2 aromatic carbocycles. The standard InChI is InChI=1S/C21H20N4O4S/c26-18(23-16-10-8-15(9-11-16)20(28)29)13-17-19(27)24-21(30-17)25-22-12-4-7-14-5-2-1-3-6-14/h1-12,17,19,27H,13H2,(H,23,26)(H,24,25)(H,28,29)/b7-4+,22-12+. The number of carboxylic acid groups (broad SMARTS) is 1. The van der Waals surface area contributed by atoms with Crippen LogP contribution in [0.3, 0.4) is 0 Å². The van der Waals surface area contributed by atoms with Gasteiger partial charge >= 0.3 is 5.97 Å². The van der Waals surface area contributed by atoms with Gasteiger partial charge in [0.15, 0.2) is 11.4 Å². The van der Waals surface area contributed by atoms with Gasteiger partial charge in [-0.2, -0.15) is 5.10 Å². The predicted octanol–water partition coefficient (Wildman–Crippen LogP) is 2.79. The zero-order valence-corrected chi connectivity index (χ0v) is 16.6. The van der Waals surface area contributed by atoms with E-state index < -0.39 is 17.4 Å². The minimum absolute atomic E-state index is 0.0405. The lowest BCUT2D eigenvalue weighted by molar-refractivity contribution is -0.116. The van der Waals surface area contributed by atoms with Crippen molar-refractivity contribution in [2.24, 2.45) is 10.1 Å². The molecule has 1 aliphatic rings. The third kappa shape index (κ3) is 6.29. The molecule has 8 nitrogen and oxygen atoms in total. The molecule has 2 unspecified atom stereocenters. The van der Waals surface area contributed by atoms with Crippen LogP contribution < -0.4 is 10.7 Å². The quantitative estimate of drug-likeness (QED) is 0.400. The monoisotopic (exact) mass is 424 g/mol. The van der Waals surface area contributed by atoms with Crippen molar-refractivity contribution >= 4 is 46.8 Å². The van der Waals surface area contributed by atoms with Crippen LogP contribution in [0.2, 0.25) is 0 Å². The van der Waals surface area contributed by atoms with E-state index in [0.29, 0.717) is 10.9 Å². The average Bonchev–Trinajstić information content (AvgIpc) is 3.08.